The van der Waals surface area contributed by atoms with E-state index in [4.69, 9.17) is 9.47 Å². The predicted octanol–water partition coefficient (Wildman–Crippen LogP) is 2.05. The van der Waals surface area contributed by atoms with E-state index in [0.717, 1.165) is 38.3 Å². The molecule has 0 radical (unpaired) electrons. The van der Waals surface area contributed by atoms with Gasteiger partial charge in [0.15, 0.2) is 0 Å². The van der Waals surface area contributed by atoms with Crippen LogP contribution in [0.5, 0.6) is 5.75 Å². The Labute approximate surface area is 114 Å². The highest BCUT2D eigenvalue weighted by Crippen LogP contribution is 2.34. The van der Waals surface area contributed by atoms with Crippen molar-refractivity contribution in [2.75, 3.05) is 26.8 Å². The van der Waals surface area contributed by atoms with Crippen LogP contribution in [-0.2, 0) is 17.6 Å². The lowest BCUT2D eigenvalue weighted by molar-refractivity contribution is -0.0701. The number of rotatable bonds is 3. The fourth-order valence-electron chi connectivity index (χ4n) is 3.33. The van der Waals surface area contributed by atoms with E-state index in [1.54, 1.807) is 7.11 Å². The van der Waals surface area contributed by atoms with Crippen LogP contribution < -0.4 is 4.74 Å². The Morgan fingerprint density at radius 3 is 3.16 bits per heavy atom. The average molecular weight is 259 g/mol. The van der Waals surface area contributed by atoms with E-state index in [-0.39, 0.29) is 6.10 Å². The van der Waals surface area contributed by atoms with Gasteiger partial charge in [0.05, 0.1) is 19.8 Å². The van der Waals surface area contributed by atoms with Gasteiger partial charge in [0.1, 0.15) is 5.75 Å². The summed E-state index contributed by atoms with van der Waals surface area (Å²) in [5.74, 6) is 1.00. The van der Waals surface area contributed by atoms with Crippen LogP contribution in [0.3, 0.4) is 0 Å². The fourth-order valence-corrected chi connectivity index (χ4v) is 3.33. The zero-order valence-electron chi connectivity index (χ0n) is 11.5. The second-order valence-electron chi connectivity index (χ2n) is 5.27. The molecule has 0 amide bonds. The molecule has 0 spiro atoms. The van der Waals surface area contributed by atoms with Crippen molar-refractivity contribution < 1.29 is 9.47 Å². The first-order valence-corrected chi connectivity index (χ1v) is 6.94. The summed E-state index contributed by atoms with van der Waals surface area (Å²) in [5.41, 5.74) is 2.73. The van der Waals surface area contributed by atoms with Gasteiger partial charge in [-0.15, -0.1) is 6.58 Å². The molecule has 3 rings (SSSR count). The SMILES string of the molecule is C=CCN1CCO[C@@H]2Cc3c(cccc3OC)C[C@H]21. The quantitative estimate of drug-likeness (QED) is 0.776. The Morgan fingerprint density at radius 2 is 2.37 bits per heavy atom. The molecule has 0 bridgehead atoms. The third-order valence-electron chi connectivity index (χ3n) is 4.26. The van der Waals surface area contributed by atoms with Crippen molar-refractivity contribution in [2.45, 2.75) is 25.0 Å². The fraction of sp³-hybridized carbons (Fsp3) is 0.500. The van der Waals surface area contributed by atoms with Gasteiger partial charge in [0.25, 0.3) is 0 Å². The number of morpholine rings is 1. The highest BCUT2D eigenvalue weighted by Gasteiger charge is 2.36. The van der Waals surface area contributed by atoms with Gasteiger partial charge in [-0.2, -0.15) is 0 Å². The van der Waals surface area contributed by atoms with Crippen LogP contribution in [0, 0.1) is 0 Å². The highest BCUT2D eigenvalue weighted by atomic mass is 16.5. The summed E-state index contributed by atoms with van der Waals surface area (Å²) >= 11 is 0. The Kier molecular flexibility index (Phi) is 3.58. The largest absolute Gasteiger partial charge is 0.496 e. The van der Waals surface area contributed by atoms with Crippen molar-refractivity contribution >= 4 is 0 Å². The molecule has 1 saturated heterocycles. The maximum atomic E-state index is 5.98. The highest BCUT2D eigenvalue weighted by molar-refractivity contribution is 5.43. The molecule has 19 heavy (non-hydrogen) atoms. The molecule has 1 aliphatic carbocycles. The minimum atomic E-state index is 0.289. The van der Waals surface area contributed by atoms with Crippen LogP contribution in [-0.4, -0.2) is 43.9 Å². The maximum absolute atomic E-state index is 5.98. The Bertz CT molecular complexity index is 472. The minimum absolute atomic E-state index is 0.289. The van der Waals surface area contributed by atoms with Crippen LogP contribution in [0.1, 0.15) is 11.1 Å². The van der Waals surface area contributed by atoms with E-state index in [9.17, 15) is 0 Å². The molecule has 1 aliphatic heterocycles. The van der Waals surface area contributed by atoms with Crippen LogP contribution in [0.15, 0.2) is 30.9 Å². The third-order valence-corrected chi connectivity index (χ3v) is 4.26. The van der Waals surface area contributed by atoms with Crippen LogP contribution in [0.25, 0.3) is 0 Å². The van der Waals surface area contributed by atoms with Crippen molar-refractivity contribution in [3.05, 3.63) is 42.0 Å². The van der Waals surface area contributed by atoms with E-state index in [0.29, 0.717) is 6.04 Å². The molecular formula is C16H21NO2. The molecule has 1 aromatic rings. The van der Waals surface area contributed by atoms with Gasteiger partial charge in [-0.25, -0.2) is 0 Å². The summed E-state index contributed by atoms with van der Waals surface area (Å²) in [7, 11) is 1.74. The first-order valence-electron chi connectivity index (χ1n) is 6.94. The second kappa shape index (κ2) is 5.35. The maximum Gasteiger partial charge on any atom is 0.122 e. The number of nitrogens with zero attached hydrogens (tertiary/aromatic N) is 1. The third kappa shape index (κ3) is 2.28. The predicted molar refractivity (Wildman–Crippen MR) is 75.7 cm³/mol. The number of hydrogen-bond acceptors (Lipinski definition) is 3. The number of ether oxygens (including phenoxy) is 2. The Hall–Kier alpha value is -1.32. The summed E-state index contributed by atoms with van der Waals surface area (Å²) < 4.78 is 11.5. The Balaban J connectivity index is 1.90. The summed E-state index contributed by atoms with van der Waals surface area (Å²) in [6.07, 6.45) is 4.28. The lowest BCUT2D eigenvalue weighted by Gasteiger charge is -2.44. The van der Waals surface area contributed by atoms with E-state index in [1.165, 1.54) is 11.1 Å². The van der Waals surface area contributed by atoms with E-state index in [1.807, 2.05) is 12.1 Å². The monoisotopic (exact) mass is 259 g/mol. The number of methoxy groups -OCH3 is 1. The van der Waals surface area contributed by atoms with Gasteiger partial charge >= 0.3 is 0 Å². The van der Waals surface area contributed by atoms with Crippen molar-refractivity contribution in [1.29, 1.82) is 0 Å². The van der Waals surface area contributed by atoms with E-state index >= 15 is 0 Å². The molecule has 102 valence electrons. The lowest BCUT2D eigenvalue weighted by Crippen LogP contribution is -2.54. The smallest absolute Gasteiger partial charge is 0.122 e. The van der Waals surface area contributed by atoms with Crippen molar-refractivity contribution in [1.82, 2.24) is 4.90 Å². The van der Waals surface area contributed by atoms with Gasteiger partial charge in [0.2, 0.25) is 0 Å². The van der Waals surface area contributed by atoms with Gasteiger partial charge < -0.3 is 9.47 Å². The first kappa shape index (κ1) is 12.7. The normalized spacial score (nSPS) is 26.4. The van der Waals surface area contributed by atoms with Crippen LogP contribution >= 0.6 is 0 Å². The van der Waals surface area contributed by atoms with Crippen LogP contribution in [0.4, 0.5) is 0 Å². The molecule has 1 fully saturated rings. The molecular weight excluding hydrogens is 238 g/mol. The average Bonchev–Trinajstić information content (AvgIpc) is 2.45. The zero-order chi connectivity index (χ0) is 13.2. The topological polar surface area (TPSA) is 21.7 Å². The molecule has 2 aliphatic rings. The zero-order valence-corrected chi connectivity index (χ0v) is 11.5. The molecule has 2 atom stereocenters. The van der Waals surface area contributed by atoms with E-state index < -0.39 is 0 Å². The van der Waals surface area contributed by atoms with Crippen molar-refractivity contribution in [3.63, 3.8) is 0 Å². The van der Waals surface area contributed by atoms with Crippen LogP contribution in [0.2, 0.25) is 0 Å². The van der Waals surface area contributed by atoms with Gasteiger partial charge in [0, 0.05) is 25.6 Å². The second-order valence-corrected chi connectivity index (χ2v) is 5.27. The van der Waals surface area contributed by atoms with Gasteiger partial charge in [-0.3, -0.25) is 4.90 Å². The summed E-state index contributed by atoms with van der Waals surface area (Å²) in [5, 5.41) is 0. The summed E-state index contributed by atoms with van der Waals surface area (Å²) in [6.45, 7) is 6.64. The standard InChI is InChI=1S/C16H21NO2/c1-3-7-17-8-9-19-16-11-13-12(10-14(16)17)5-4-6-15(13)18-2/h3-6,14,16H,1,7-11H2,2H3/t14-,16-/m1/s1. The summed E-state index contributed by atoms with van der Waals surface area (Å²) in [4.78, 5) is 2.49. The van der Waals surface area contributed by atoms with Gasteiger partial charge in [-0.05, 0) is 23.6 Å². The number of benzene rings is 1. The van der Waals surface area contributed by atoms with E-state index in [2.05, 4.69) is 23.6 Å². The van der Waals surface area contributed by atoms with Gasteiger partial charge in [-0.1, -0.05) is 18.2 Å². The molecule has 0 aromatic heterocycles. The summed E-state index contributed by atoms with van der Waals surface area (Å²) in [6, 6.07) is 6.82. The molecule has 1 aromatic carbocycles. The molecule has 0 N–H and O–H groups in total. The first-order chi connectivity index (χ1) is 9.33. The molecule has 0 saturated carbocycles. The van der Waals surface area contributed by atoms with Crippen molar-refractivity contribution in [3.8, 4) is 5.75 Å². The number of hydrogen-bond donors (Lipinski definition) is 0. The minimum Gasteiger partial charge on any atom is -0.496 e. The molecule has 0 unspecified atom stereocenters. The molecule has 3 heteroatoms. The molecule has 1 heterocycles. The number of fused-ring (bicyclic) bond motifs is 2. The lowest BCUT2D eigenvalue weighted by atomic mass is 9.84. The van der Waals surface area contributed by atoms with Crippen molar-refractivity contribution in [2.24, 2.45) is 0 Å². The Morgan fingerprint density at radius 1 is 1.47 bits per heavy atom. The molecule has 3 nitrogen and oxygen atoms in total.